The number of H-pyrrole nitrogens is 6. The van der Waals surface area contributed by atoms with Gasteiger partial charge in [0.25, 0.3) is 0 Å². The molecule has 0 atom stereocenters. The van der Waals surface area contributed by atoms with Gasteiger partial charge in [-0.25, -0.2) is 80.4 Å². The van der Waals surface area contributed by atoms with E-state index in [2.05, 4.69) is 59.8 Å². The van der Waals surface area contributed by atoms with Crippen molar-refractivity contribution < 1.29 is 115 Å². The zero-order chi connectivity index (χ0) is 68.0. The van der Waals surface area contributed by atoms with E-state index in [0.717, 1.165) is 51.3 Å². The Hall–Kier alpha value is -9.57. The summed E-state index contributed by atoms with van der Waals surface area (Å²) < 4.78 is 215. The number of nitrogens with one attached hydrogen (secondary N) is 6. The second-order valence-corrected chi connectivity index (χ2v) is 29.1. The molecule has 0 spiro atoms. The Morgan fingerprint density at radius 3 is 0.520 bits per heavy atom. The third-order valence-electron chi connectivity index (χ3n) is 14.2. The first-order valence-corrected chi connectivity index (χ1v) is 35.7. The van der Waals surface area contributed by atoms with Crippen LogP contribution in [-0.4, -0.2) is 138 Å². The summed E-state index contributed by atoms with van der Waals surface area (Å²) in [5, 5.41) is 0. The molecular weight excluding hydrogens is 1470 g/mol. The van der Waals surface area contributed by atoms with E-state index in [1.807, 2.05) is 36.4 Å². The summed E-state index contributed by atoms with van der Waals surface area (Å²) in [4.78, 5) is 36.4. The van der Waals surface area contributed by atoms with Crippen LogP contribution in [0.15, 0.2) is 146 Å². The molecule has 6 aliphatic heterocycles. The van der Waals surface area contributed by atoms with E-state index in [1.54, 1.807) is 109 Å². The summed E-state index contributed by atoms with van der Waals surface area (Å²) >= 11 is 0. The second kappa shape index (κ2) is 26.0. The molecule has 98 heavy (non-hydrogen) atoms. The van der Waals surface area contributed by atoms with Crippen LogP contribution in [0.25, 0.3) is 132 Å². The maximum atomic E-state index is 11.9. The fraction of sp³-hybridized carbons (Fsp3) is 0. The number of fused-ring (bicyclic) bond motifs is 24. The van der Waals surface area contributed by atoms with Gasteiger partial charge < -0.3 is 57.2 Å². The fourth-order valence-corrected chi connectivity index (χ4v) is 16.5. The molecule has 6 N–H and O–H groups in total. The molecule has 6 aliphatic rings. The average molecular weight is 1510 g/mol. The van der Waals surface area contributed by atoms with Gasteiger partial charge in [-0.1, -0.05) is 0 Å². The van der Waals surface area contributed by atoms with Crippen molar-refractivity contribution in [2.45, 2.75) is 0 Å². The fourth-order valence-electron chi connectivity index (χ4n) is 10.5. The zero-order valence-electron chi connectivity index (χ0n) is 48.7. The molecule has 0 amide bonds. The summed E-state index contributed by atoms with van der Waals surface area (Å²) in [6, 6.07) is 38.7. The first kappa shape index (κ1) is 69.8. The van der Waals surface area contributed by atoms with E-state index in [4.69, 9.17) is 0 Å². The summed E-state index contributed by atoms with van der Waals surface area (Å²) in [5.74, 6) is 0. The molecule has 496 valence electrons. The first-order valence-electron chi connectivity index (χ1n) is 27.3. The number of nitrogens with zero attached hydrogens (tertiary/aromatic N) is 6. The molecule has 0 saturated carbocycles. The van der Waals surface area contributed by atoms with Crippen molar-refractivity contribution >= 4 is 193 Å². The minimum Gasteiger partial charge on any atom is -0.744 e. The van der Waals surface area contributed by atoms with Crippen molar-refractivity contribution in [3.63, 3.8) is 0 Å². The first-order chi connectivity index (χ1) is 45.2. The maximum absolute atomic E-state index is 11.9. The zero-order valence-corrected chi connectivity index (χ0v) is 56.4. The average Bonchev–Trinajstić information content (AvgIpc) is 1.61. The molecule has 0 aliphatic carbocycles. The topological polar surface area (TPSA) is 515 Å². The molecule has 2 radical (unpaired) electrons. The van der Waals surface area contributed by atoms with Crippen LogP contribution >= 0.6 is 0 Å². The van der Waals surface area contributed by atoms with Gasteiger partial charge in [-0.15, -0.1) is 0 Å². The van der Waals surface area contributed by atoms with Crippen LogP contribution in [0.3, 0.4) is 0 Å². The van der Waals surface area contributed by atoms with Crippen molar-refractivity contribution in [2.75, 3.05) is 0 Å². The molecule has 30 nitrogen and oxygen atoms in total. The molecular formula is C60H36N12O18S6V2-6. The number of hydrogen-bond acceptors (Lipinski definition) is 24. The minimum absolute atomic E-state index is 0. The standard InChI is InChI=1S/3C20H14N4O6S2.2V/c3*25-31(26,27)19-17-9-15-5-3-13(22-15)7-11-1-2-12(21-11)8-14-4-6-16(23-14)10-18(24-17)20(19)32(28,29)30;;/h3*1-10,21-22H,(H,25,26,27)(H,28,29,30);;/p-6. The van der Waals surface area contributed by atoms with Gasteiger partial charge in [0.1, 0.15) is 60.7 Å². The molecule has 9 aromatic heterocycles. The van der Waals surface area contributed by atoms with Crippen molar-refractivity contribution in [3.8, 4) is 0 Å². The minimum atomic E-state index is -5.36. The largest absolute Gasteiger partial charge is 0.744 e. The van der Waals surface area contributed by atoms with E-state index >= 15 is 0 Å². The third-order valence-corrected chi connectivity index (χ3v) is 20.1. The maximum Gasteiger partial charge on any atom is 0.127 e. The Morgan fingerprint density at radius 1 is 0.204 bits per heavy atom. The SMILES string of the molecule is O=S(=O)([O-])C1=C(S(=O)(=O)[O-])c2cc3ccc(cc4ccc(cc5nc(cc1n2)C=C5)[nH]4)[nH]3.O=S(=O)([O-])C1=C(S(=O)(=O)[O-])c2cc3ccc(cc4ccc(cc5nc(cc1n2)C=C5)[nH]4)[nH]3.O=S(=O)([O-])C1=C(S(=O)(=O)[O-])c2cc3ccc(cc4ccc(cc5nc(cc1n2)C=C5)[nH]4)[nH]3.[V].[V]. The Balaban J connectivity index is 0.000000147. The van der Waals surface area contributed by atoms with Gasteiger partial charge in [-0.2, -0.15) is 0 Å². The quantitative estimate of drug-likeness (QED) is 0.0896. The van der Waals surface area contributed by atoms with E-state index in [0.29, 0.717) is 50.2 Å². The smallest absolute Gasteiger partial charge is 0.127 e. The molecule has 0 saturated heterocycles. The summed E-state index contributed by atoms with van der Waals surface area (Å²) in [6.07, 6.45) is 9.58. The third kappa shape index (κ3) is 15.2. The van der Waals surface area contributed by atoms with Crippen molar-refractivity contribution in [1.29, 1.82) is 0 Å². The van der Waals surface area contributed by atoms with E-state index in [1.165, 1.54) is 18.2 Å². The number of rotatable bonds is 6. The number of aromatic amines is 6. The molecule has 0 aromatic carbocycles. The van der Waals surface area contributed by atoms with Gasteiger partial charge in [0.05, 0.1) is 97.8 Å². The van der Waals surface area contributed by atoms with Gasteiger partial charge in [-0.3, -0.25) is 0 Å². The number of hydrogen-bond donors (Lipinski definition) is 6. The van der Waals surface area contributed by atoms with Gasteiger partial charge in [0, 0.05) is 103 Å². The van der Waals surface area contributed by atoms with E-state index in [-0.39, 0.29) is 54.2 Å². The van der Waals surface area contributed by atoms with Gasteiger partial charge in [0.15, 0.2) is 0 Å². The van der Waals surface area contributed by atoms with E-state index < -0.39 is 124 Å². The van der Waals surface area contributed by atoms with Crippen LogP contribution in [0, 0.1) is 0 Å². The van der Waals surface area contributed by atoms with Crippen LogP contribution in [0.4, 0.5) is 0 Å². The van der Waals surface area contributed by atoms with E-state index in [9.17, 15) is 77.8 Å². The van der Waals surface area contributed by atoms with Crippen LogP contribution in [0.2, 0.25) is 0 Å². The Bertz CT molecular complexity index is 5810. The second-order valence-electron chi connectivity index (χ2n) is 21.2. The summed E-state index contributed by atoms with van der Waals surface area (Å²) in [7, 11) is -32.1. The Labute approximate surface area is 576 Å². The molecule has 0 fully saturated rings. The van der Waals surface area contributed by atoms with Crippen LogP contribution in [0.5, 0.6) is 0 Å². The van der Waals surface area contributed by atoms with Gasteiger partial charge >= 0.3 is 0 Å². The normalized spacial score (nSPS) is 13.9. The molecule has 0 unspecified atom stereocenters. The monoisotopic (exact) mass is 1510 g/mol. The van der Waals surface area contributed by atoms with Crippen molar-refractivity contribution in [2.24, 2.45) is 0 Å². The predicted molar refractivity (Wildman–Crippen MR) is 348 cm³/mol. The summed E-state index contributed by atoms with van der Waals surface area (Å²) in [5.41, 5.74) is 7.11. The molecule has 15 rings (SSSR count). The number of aromatic nitrogens is 12. The Kier molecular flexibility index (Phi) is 18.5. The molecule has 9 aromatic rings. The van der Waals surface area contributed by atoms with Crippen molar-refractivity contribution in [3.05, 3.63) is 214 Å². The van der Waals surface area contributed by atoms with Crippen LogP contribution in [0.1, 0.15) is 68.3 Å². The van der Waals surface area contributed by atoms with Crippen LogP contribution < -0.4 is 0 Å². The van der Waals surface area contributed by atoms with Crippen LogP contribution in [-0.2, 0) is 97.8 Å². The van der Waals surface area contributed by atoms with Gasteiger partial charge in [0.2, 0.25) is 0 Å². The molecule has 24 bridgehead atoms. The predicted octanol–water partition coefficient (Wildman–Crippen LogP) is 7.20. The van der Waals surface area contributed by atoms with Gasteiger partial charge in [-0.05, 0) is 182 Å². The van der Waals surface area contributed by atoms with Crippen molar-refractivity contribution in [1.82, 2.24) is 59.8 Å². The molecule has 38 heteroatoms. The summed E-state index contributed by atoms with van der Waals surface area (Å²) in [6.45, 7) is 0. The molecule has 15 heterocycles. The Morgan fingerprint density at radius 2 is 0.347 bits per heavy atom.